The standard InChI is InChI=1S/C27H24N4O3/c1-16-14-18(34-23-10-13-29-25-20(23)7-9-24(32)31-25)6-8-22(16)30-26(33)19-4-3-5-21(17(19)2)27(15-28)11-12-27/h3-6,8,10,13-14H,7,9,11-12H2,1-2H3,(H,30,33)(H,29,31,32). The highest BCUT2D eigenvalue weighted by molar-refractivity contribution is 6.06. The van der Waals surface area contributed by atoms with E-state index in [1.165, 1.54) is 0 Å². The van der Waals surface area contributed by atoms with Crippen molar-refractivity contribution in [2.45, 2.75) is 44.9 Å². The van der Waals surface area contributed by atoms with Gasteiger partial charge in [-0.2, -0.15) is 5.26 Å². The van der Waals surface area contributed by atoms with Gasteiger partial charge >= 0.3 is 0 Å². The number of benzene rings is 2. The first kappa shape index (κ1) is 21.7. The highest BCUT2D eigenvalue weighted by Gasteiger charge is 2.46. The SMILES string of the molecule is Cc1cc(Oc2ccnc3c2CCC(=O)N3)ccc1NC(=O)c1cccc(C2(C#N)CC2)c1C. The third kappa shape index (κ3) is 3.88. The number of pyridine rings is 1. The number of anilines is 2. The second-order valence-corrected chi connectivity index (χ2v) is 8.89. The summed E-state index contributed by atoms with van der Waals surface area (Å²) in [4.78, 5) is 28.9. The zero-order chi connectivity index (χ0) is 23.9. The number of carbonyl (C=O) groups excluding carboxylic acids is 2. The molecule has 0 spiro atoms. The van der Waals surface area contributed by atoms with Crippen molar-refractivity contribution in [3.63, 3.8) is 0 Å². The molecule has 0 atom stereocenters. The molecule has 1 aliphatic heterocycles. The van der Waals surface area contributed by atoms with Gasteiger partial charge in [0.1, 0.15) is 17.3 Å². The molecule has 1 fully saturated rings. The summed E-state index contributed by atoms with van der Waals surface area (Å²) in [6.45, 7) is 3.81. The fourth-order valence-electron chi connectivity index (χ4n) is 4.48. The van der Waals surface area contributed by atoms with Crippen LogP contribution in [0.2, 0.25) is 0 Å². The lowest BCUT2D eigenvalue weighted by molar-refractivity contribution is -0.116. The zero-order valence-corrected chi connectivity index (χ0v) is 19.1. The van der Waals surface area contributed by atoms with E-state index in [9.17, 15) is 14.9 Å². The van der Waals surface area contributed by atoms with Gasteiger partial charge in [-0.15, -0.1) is 0 Å². The van der Waals surface area contributed by atoms with Gasteiger partial charge < -0.3 is 15.4 Å². The second-order valence-electron chi connectivity index (χ2n) is 8.89. The summed E-state index contributed by atoms with van der Waals surface area (Å²) < 4.78 is 6.09. The van der Waals surface area contributed by atoms with Crippen molar-refractivity contribution < 1.29 is 14.3 Å². The van der Waals surface area contributed by atoms with Gasteiger partial charge in [-0.05, 0) is 80.1 Å². The molecule has 2 heterocycles. The molecule has 2 amide bonds. The number of nitrogens with zero attached hydrogens (tertiary/aromatic N) is 2. The van der Waals surface area contributed by atoms with E-state index in [-0.39, 0.29) is 11.8 Å². The summed E-state index contributed by atoms with van der Waals surface area (Å²) in [5.74, 6) is 1.57. The van der Waals surface area contributed by atoms with Crippen molar-refractivity contribution in [3.05, 3.63) is 76.5 Å². The molecule has 1 saturated carbocycles. The molecule has 5 rings (SSSR count). The number of ether oxygens (including phenoxy) is 1. The molecule has 2 aliphatic rings. The Morgan fingerprint density at radius 1 is 1.18 bits per heavy atom. The second kappa shape index (κ2) is 8.31. The van der Waals surface area contributed by atoms with Gasteiger partial charge in [-0.3, -0.25) is 9.59 Å². The average molecular weight is 453 g/mol. The van der Waals surface area contributed by atoms with E-state index in [2.05, 4.69) is 21.7 Å². The van der Waals surface area contributed by atoms with Crippen LogP contribution in [0, 0.1) is 25.2 Å². The van der Waals surface area contributed by atoms with Crippen LogP contribution in [0.25, 0.3) is 0 Å². The maximum atomic E-state index is 13.1. The molecule has 2 aromatic carbocycles. The van der Waals surface area contributed by atoms with Gasteiger partial charge in [0.25, 0.3) is 5.91 Å². The first-order valence-corrected chi connectivity index (χ1v) is 11.3. The fraction of sp³-hybridized carbons (Fsp3) is 0.259. The van der Waals surface area contributed by atoms with Gasteiger partial charge in [0.05, 0.1) is 11.5 Å². The maximum Gasteiger partial charge on any atom is 0.255 e. The van der Waals surface area contributed by atoms with Crippen LogP contribution < -0.4 is 15.4 Å². The smallest absolute Gasteiger partial charge is 0.255 e. The minimum absolute atomic E-state index is 0.0474. The number of aromatic nitrogens is 1. The van der Waals surface area contributed by atoms with E-state index in [0.717, 1.165) is 35.1 Å². The van der Waals surface area contributed by atoms with E-state index in [1.54, 1.807) is 24.4 Å². The van der Waals surface area contributed by atoms with Crippen LogP contribution >= 0.6 is 0 Å². The van der Waals surface area contributed by atoms with Crippen LogP contribution in [-0.2, 0) is 16.6 Å². The van der Waals surface area contributed by atoms with E-state index < -0.39 is 5.41 Å². The number of nitriles is 1. The average Bonchev–Trinajstić information content (AvgIpc) is 3.62. The van der Waals surface area contributed by atoms with Crippen LogP contribution in [0.4, 0.5) is 11.5 Å². The lowest BCUT2D eigenvalue weighted by Crippen LogP contribution is -2.20. The number of aryl methyl sites for hydroxylation is 1. The van der Waals surface area contributed by atoms with Crippen LogP contribution in [-0.4, -0.2) is 16.8 Å². The Labute approximate surface area is 197 Å². The molecule has 1 aromatic heterocycles. The van der Waals surface area contributed by atoms with Crippen molar-refractivity contribution in [1.29, 1.82) is 5.26 Å². The predicted octanol–water partition coefficient (Wildman–Crippen LogP) is 5.18. The summed E-state index contributed by atoms with van der Waals surface area (Å²) in [5, 5.41) is 15.3. The monoisotopic (exact) mass is 452 g/mol. The molecule has 7 nitrogen and oxygen atoms in total. The Hall–Kier alpha value is -4.18. The predicted molar refractivity (Wildman–Crippen MR) is 128 cm³/mol. The molecule has 7 heteroatoms. The van der Waals surface area contributed by atoms with E-state index in [0.29, 0.717) is 41.4 Å². The molecule has 3 aromatic rings. The molecular weight excluding hydrogens is 428 g/mol. The van der Waals surface area contributed by atoms with Crippen LogP contribution in [0.5, 0.6) is 11.5 Å². The fourth-order valence-corrected chi connectivity index (χ4v) is 4.48. The number of nitrogens with one attached hydrogen (secondary N) is 2. The molecule has 1 aliphatic carbocycles. The van der Waals surface area contributed by atoms with Crippen LogP contribution in [0.3, 0.4) is 0 Å². The van der Waals surface area contributed by atoms with Gasteiger partial charge in [-0.25, -0.2) is 4.98 Å². The van der Waals surface area contributed by atoms with E-state index >= 15 is 0 Å². The summed E-state index contributed by atoms with van der Waals surface area (Å²) in [5.41, 5.74) is 4.34. The van der Waals surface area contributed by atoms with Crippen molar-refractivity contribution in [1.82, 2.24) is 4.98 Å². The Morgan fingerprint density at radius 3 is 2.74 bits per heavy atom. The lowest BCUT2D eigenvalue weighted by Gasteiger charge is -2.19. The van der Waals surface area contributed by atoms with Gasteiger partial charge in [0.2, 0.25) is 5.91 Å². The minimum atomic E-state index is -0.440. The Kier molecular flexibility index (Phi) is 5.29. The first-order valence-electron chi connectivity index (χ1n) is 11.3. The quantitative estimate of drug-likeness (QED) is 0.555. The van der Waals surface area contributed by atoms with Crippen LogP contribution in [0.15, 0.2) is 48.7 Å². The molecule has 0 radical (unpaired) electrons. The Balaban J connectivity index is 1.34. The number of amides is 2. The topological polar surface area (TPSA) is 104 Å². The van der Waals surface area contributed by atoms with Gasteiger partial charge in [-0.1, -0.05) is 12.1 Å². The van der Waals surface area contributed by atoms with E-state index in [1.807, 2.05) is 38.1 Å². The number of fused-ring (bicyclic) bond motifs is 1. The summed E-state index contributed by atoms with van der Waals surface area (Å²) in [7, 11) is 0. The molecule has 34 heavy (non-hydrogen) atoms. The van der Waals surface area contributed by atoms with Crippen molar-refractivity contribution >= 4 is 23.3 Å². The van der Waals surface area contributed by atoms with Gasteiger partial charge in [0, 0.05) is 29.4 Å². The van der Waals surface area contributed by atoms with Crippen molar-refractivity contribution in [3.8, 4) is 17.6 Å². The molecule has 170 valence electrons. The summed E-state index contributed by atoms with van der Waals surface area (Å²) >= 11 is 0. The third-order valence-corrected chi connectivity index (χ3v) is 6.60. The Bertz CT molecular complexity index is 1370. The highest BCUT2D eigenvalue weighted by atomic mass is 16.5. The maximum absolute atomic E-state index is 13.1. The van der Waals surface area contributed by atoms with Crippen molar-refractivity contribution in [2.75, 3.05) is 10.6 Å². The molecule has 0 saturated heterocycles. The molecule has 0 bridgehead atoms. The highest BCUT2D eigenvalue weighted by Crippen LogP contribution is 2.49. The first-order chi connectivity index (χ1) is 16.4. The Morgan fingerprint density at radius 2 is 2.00 bits per heavy atom. The number of hydrogen-bond donors (Lipinski definition) is 2. The van der Waals surface area contributed by atoms with E-state index in [4.69, 9.17) is 4.74 Å². The zero-order valence-electron chi connectivity index (χ0n) is 19.1. The molecular formula is C27H24N4O3. The van der Waals surface area contributed by atoms with Gasteiger partial charge in [0.15, 0.2) is 0 Å². The normalized spacial score (nSPS) is 15.5. The number of rotatable bonds is 5. The molecule has 0 unspecified atom stereocenters. The third-order valence-electron chi connectivity index (χ3n) is 6.60. The van der Waals surface area contributed by atoms with Crippen LogP contribution in [0.1, 0.15) is 51.9 Å². The van der Waals surface area contributed by atoms with Crippen molar-refractivity contribution in [2.24, 2.45) is 0 Å². The number of carbonyl (C=O) groups is 2. The minimum Gasteiger partial charge on any atom is -0.457 e. The summed E-state index contributed by atoms with van der Waals surface area (Å²) in [6, 6.07) is 15.3. The number of hydrogen-bond acceptors (Lipinski definition) is 5. The largest absolute Gasteiger partial charge is 0.457 e. The lowest BCUT2D eigenvalue weighted by atomic mass is 9.90. The molecule has 2 N–H and O–H groups in total. The summed E-state index contributed by atoms with van der Waals surface area (Å²) in [6.07, 6.45) is 4.25.